The predicted molar refractivity (Wildman–Crippen MR) is 40.2 cm³/mol. The van der Waals surface area contributed by atoms with Crippen molar-refractivity contribution < 1.29 is 6.22 Å². The average molecular weight is 131 g/mol. The smallest absolute Gasteiger partial charge is 0.207 e. The molecule has 0 aliphatic heterocycles. The van der Waals surface area contributed by atoms with E-state index in [1.807, 2.05) is 6.92 Å². The Bertz CT molecular complexity index is 98.3. The van der Waals surface area contributed by atoms with E-state index in [0.29, 0.717) is 0 Å². The normalized spacial score (nSPS) is 14.7. The highest BCUT2D eigenvalue weighted by molar-refractivity contribution is 5.46. The first kappa shape index (κ1) is 8.47. The lowest BCUT2D eigenvalue weighted by Crippen LogP contribution is -2.36. The maximum Gasteiger partial charge on any atom is 0.207 e. The molecular weight excluding hydrogens is 114 g/mol. The third-order valence-corrected chi connectivity index (χ3v) is 1.62. The highest BCUT2D eigenvalue weighted by Crippen LogP contribution is 2.17. The Morgan fingerprint density at radius 1 is 1.56 bits per heavy atom. The summed E-state index contributed by atoms with van der Waals surface area (Å²) in [7, 11) is 0. The van der Waals surface area contributed by atoms with Gasteiger partial charge in [0.1, 0.15) is 0 Å². The molecular formula is C7H17NO. The first-order valence-corrected chi connectivity index (χ1v) is 3.18. The Morgan fingerprint density at radius 2 is 2.00 bits per heavy atom. The molecule has 0 fully saturated rings. The summed E-state index contributed by atoms with van der Waals surface area (Å²) in [5.74, 6) is 0. The number of carbonyl (C=O) groups excluding carboxylic acids is 1. The van der Waals surface area contributed by atoms with Crippen molar-refractivity contribution in [2.24, 2.45) is 5.41 Å². The standard InChI is InChI=1S/C7H15NO.H2/c1-6(8-5-9)7(2,3)4;/h5-6H,1-4H3,(H,8,9);1H/t6-;/m0./s1. The summed E-state index contributed by atoms with van der Waals surface area (Å²) < 4.78 is 0. The van der Waals surface area contributed by atoms with Crippen LogP contribution >= 0.6 is 0 Å². The third kappa shape index (κ3) is 3.12. The van der Waals surface area contributed by atoms with Crippen LogP contribution in [0.4, 0.5) is 0 Å². The monoisotopic (exact) mass is 131 g/mol. The van der Waals surface area contributed by atoms with Gasteiger partial charge in [-0.15, -0.1) is 0 Å². The van der Waals surface area contributed by atoms with Gasteiger partial charge in [0.05, 0.1) is 0 Å². The van der Waals surface area contributed by atoms with Crippen LogP contribution in [0.15, 0.2) is 0 Å². The van der Waals surface area contributed by atoms with Crippen LogP contribution in [-0.2, 0) is 4.79 Å². The van der Waals surface area contributed by atoms with E-state index in [-0.39, 0.29) is 12.9 Å². The molecule has 9 heavy (non-hydrogen) atoms. The number of hydrogen-bond donors (Lipinski definition) is 1. The van der Waals surface area contributed by atoms with Gasteiger partial charge in [-0.05, 0) is 12.3 Å². The summed E-state index contributed by atoms with van der Waals surface area (Å²) in [6.45, 7) is 8.27. The first-order valence-electron chi connectivity index (χ1n) is 3.18. The first-order chi connectivity index (χ1) is 3.98. The lowest BCUT2D eigenvalue weighted by molar-refractivity contribution is -0.110. The second-order valence-electron chi connectivity index (χ2n) is 3.37. The molecule has 0 unspecified atom stereocenters. The second-order valence-corrected chi connectivity index (χ2v) is 3.37. The molecule has 0 radical (unpaired) electrons. The number of nitrogens with one attached hydrogen (secondary N) is 1. The van der Waals surface area contributed by atoms with E-state index in [2.05, 4.69) is 26.1 Å². The topological polar surface area (TPSA) is 29.1 Å². The summed E-state index contributed by atoms with van der Waals surface area (Å²) >= 11 is 0. The highest BCUT2D eigenvalue weighted by atomic mass is 16.1. The molecule has 56 valence electrons. The fourth-order valence-corrected chi connectivity index (χ4v) is 0.352. The summed E-state index contributed by atoms with van der Waals surface area (Å²) in [6.07, 6.45) is 0.746. The van der Waals surface area contributed by atoms with Crippen LogP contribution in [0.5, 0.6) is 0 Å². The molecule has 0 aromatic rings. The summed E-state index contributed by atoms with van der Waals surface area (Å²) in [5, 5.41) is 2.70. The van der Waals surface area contributed by atoms with Gasteiger partial charge in [0.25, 0.3) is 0 Å². The SMILES string of the molecule is C[C@H](NC=O)C(C)(C)C.[HH]. The fourth-order valence-electron chi connectivity index (χ4n) is 0.352. The Kier molecular flexibility index (Phi) is 2.68. The van der Waals surface area contributed by atoms with Crippen LogP contribution in [0, 0.1) is 5.41 Å². The third-order valence-electron chi connectivity index (χ3n) is 1.62. The van der Waals surface area contributed by atoms with Gasteiger partial charge >= 0.3 is 0 Å². The molecule has 2 nitrogen and oxygen atoms in total. The zero-order valence-electron chi connectivity index (χ0n) is 6.56. The fraction of sp³-hybridized carbons (Fsp3) is 0.857. The molecule has 0 heterocycles. The summed E-state index contributed by atoms with van der Waals surface area (Å²) in [6, 6.07) is 0.245. The molecule has 0 aliphatic rings. The van der Waals surface area contributed by atoms with Crippen molar-refractivity contribution in [3.8, 4) is 0 Å². The Morgan fingerprint density at radius 3 is 2.11 bits per heavy atom. The van der Waals surface area contributed by atoms with Gasteiger partial charge in [0.15, 0.2) is 0 Å². The van der Waals surface area contributed by atoms with E-state index in [4.69, 9.17) is 0 Å². The van der Waals surface area contributed by atoms with E-state index in [0.717, 1.165) is 6.41 Å². The minimum Gasteiger partial charge on any atom is -0.356 e. The molecule has 0 rings (SSSR count). The number of amides is 1. The van der Waals surface area contributed by atoms with Gasteiger partial charge in [0.2, 0.25) is 6.41 Å². The second kappa shape index (κ2) is 2.85. The Labute approximate surface area is 58.1 Å². The van der Waals surface area contributed by atoms with E-state index in [1.165, 1.54) is 0 Å². The summed E-state index contributed by atoms with van der Waals surface area (Å²) in [4.78, 5) is 9.95. The van der Waals surface area contributed by atoms with Crippen molar-refractivity contribution in [3.63, 3.8) is 0 Å². The van der Waals surface area contributed by atoms with Crippen LogP contribution in [0.1, 0.15) is 29.1 Å². The van der Waals surface area contributed by atoms with E-state index in [1.54, 1.807) is 0 Å². The predicted octanol–water partition coefficient (Wildman–Crippen LogP) is 1.41. The van der Waals surface area contributed by atoms with Crippen molar-refractivity contribution >= 4 is 6.41 Å². The van der Waals surface area contributed by atoms with Crippen LogP contribution in [0.2, 0.25) is 0 Å². The van der Waals surface area contributed by atoms with Gasteiger partial charge in [-0.1, -0.05) is 20.8 Å². The maximum absolute atomic E-state index is 9.95. The molecule has 2 heteroatoms. The minimum atomic E-state index is 0. The van der Waals surface area contributed by atoms with Crippen LogP contribution in [-0.4, -0.2) is 12.5 Å². The number of carbonyl (C=O) groups is 1. The largest absolute Gasteiger partial charge is 0.356 e. The van der Waals surface area contributed by atoms with Gasteiger partial charge < -0.3 is 5.32 Å². The van der Waals surface area contributed by atoms with Crippen molar-refractivity contribution in [1.29, 1.82) is 0 Å². The van der Waals surface area contributed by atoms with Crippen LogP contribution in [0.3, 0.4) is 0 Å². The minimum absolute atomic E-state index is 0. The van der Waals surface area contributed by atoms with Crippen molar-refractivity contribution in [2.45, 2.75) is 33.7 Å². The van der Waals surface area contributed by atoms with Crippen molar-refractivity contribution in [3.05, 3.63) is 0 Å². The number of hydrogen-bond acceptors (Lipinski definition) is 1. The molecule has 1 atom stereocenters. The quantitative estimate of drug-likeness (QED) is 0.564. The van der Waals surface area contributed by atoms with E-state index >= 15 is 0 Å². The van der Waals surface area contributed by atoms with Gasteiger partial charge in [0, 0.05) is 7.47 Å². The molecule has 0 saturated carbocycles. The number of rotatable bonds is 2. The van der Waals surface area contributed by atoms with Crippen molar-refractivity contribution in [2.75, 3.05) is 0 Å². The van der Waals surface area contributed by atoms with Crippen LogP contribution in [0.25, 0.3) is 0 Å². The molecule has 0 spiro atoms. The molecule has 0 aliphatic carbocycles. The molecule has 0 saturated heterocycles. The molecule has 0 bridgehead atoms. The van der Waals surface area contributed by atoms with E-state index < -0.39 is 0 Å². The lowest BCUT2D eigenvalue weighted by Gasteiger charge is -2.26. The van der Waals surface area contributed by atoms with Gasteiger partial charge in [-0.3, -0.25) is 4.79 Å². The van der Waals surface area contributed by atoms with E-state index in [9.17, 15) is 4.79 Å². The molecule has 1 amide bonds. The zero-order valence-corrected chi connectivity index (χ0v) is 6.56. The van der Waals surface area contributed by atoms with Crippen molar-refractivity contribution in [1.82, 2.24) is 5.32 Å². The molecule has 0 aromatic carbocycles. The molecule has 0 aromatic heterocycles. The summed E-state index contributed by atoms with van der Waals surface area (Å²) in [5.41, 5.74) is 0.168. The molecule has 1 N–H and O–H groups in total. The van der Waals surface area contributed by atoms with Gasteiger partial charge in [-0.25, -0.2) is 0 Å². The average Bonchev–Trinajstić information content (AvgIpc) is 1.64. The zero-order chi connectivity index (χ0) is 7.49. The van der Waals surface area contributed by atoms with Crippen LogP contribution < -0.4 is 5.32 Å². The van der Waals surface area contributed by atoms with Gasteiger partial charge in [-0.2, -0.15) is 0 Å². The Hall–Kier alpha value is -0.530. The Balaban J connectivity index is 0. The highest BCUT2D eigenvalue weighted by Gasteiger charge is 2.18. The maximum atomic E-state index is 9.95. The lowest BCUT2D eigenvalue weighted by atomic mass is 9.88.